The Kier molecular flexibility index (Phi) is 4.94. The number of hydrogen-bond acceptors (Lipinski definition) is 4. The summed E-state index contributed by atoms with van der Waals surface area (Å²) in [6.45, 7) is 7.13. The van der Waals surface area contributed by atoms with Crippen molar-refractivity contribution in [2.75, 3.05) is 0 Å². The first-order valence-electron chi connectivity index (χ1n) is 8.78. The third-order valence-electron chi connectivity index (χ3n) is 4.34. The average molecular weight is 395 g/mol. The molecule has 0 radical (unpaired) electrons. The summed E-state index contributed by atoms with van der Waals surface area (Å²) in [6, 6.07) is 19.0. The number of hydrogen-bond donors (Lipinski definition) is 0. The molecule has 3 aromatic carbocycles. The molecular weight excluding hydrogens is 384 g/mol. The Labute approximate surface area is 170 Å². The van der Waals surface area contributed by atoms with Crippen LogP contribution in [0.3, 0.4) is 0 Å². The molecule has 0 amide bonds. The van der Waals surface area contributed by atoms with Crippen LogP contribution in [0.15, 0.2) is 66.7 Å². The van der Waals surface area contributed by atoms with Crippen LogP contribution in [-0.2, 0) is 0 Å². The molecule has 30 heavy (non-hydrogen) atoms. The zero-order valence-electron chi connectivity index (χ0n) is 15.3. The molecule has 4 rings (SSSR count). The highest BCUT2D eigenvalue weighted by molar-refractivity contribution is 5.69. The van der Waals surface area contributed by atoms with E-state index in [-0.39, 0.29) is 22.9 Å². The second-order valence-corrected chi connectivity index (χ2v) is 6.26. The second-order valence-electron chi connectivity index (χ2n) is 6.26. The molecule has 0 bridgehead atoms. The molecule has 0 aliphatic carbocycles. The van der Waals surface area contributed by atoms with Crippen LogP contribution in [0.4, 0.5) is 14.5 Å². The van der Waals surface area contributed by atoms with Crippen molar-refractivity contribution in [3.8, 4) is 40.2 Å². The Bertz CT molecular complexity index is 1260. The Morgan fingerprint density at radius 1 is 0.733 bits per heavy atom. The van der Waals surface area contributed by atoms with Gasteiger partial charge in [0.15, 0.2) is 17.5 Å². The van der Waals surface area contributed by atoms with Crippen molar-refractivity contribution < 1.29 is 8.78 Å². The van der Waals surface area contributed by atoms with Gasteiger partial charge >= 0.3 is 0 Å². The van der Waals surface area contributed by atoms with Gasteiger partial charge in [0.05, 0.1) is 12.1 Å². The van der Waals surface area contributed by atoms with Gasteiger partial charge in [0.1, 0.15) is 17.7 Å². The molecule has 0 fully saturated rings. The van der Waals surface area contributed by atoms with E-state index in [0.717, 1.165) is 5.56 Å². The molecule has 0 aliphatic heterocycles. The summed E-state index contributed by atoms with van der Waals surface area (Å²) in [5.74, 6) is -0.467. The standard InChI is InChI=1S/C23H11F2N5/c1-27-20-12-16(8-10-19(20)25)23-29-21(14-5-3-2-4-6-14)28-22(30-23)15-7-9-18(24)17(11-15)13-26/h2-12H. The summed E-state index contributed by atoms with van der Waals surface area (Å²) < 4.78 is 27.5. The molecule has 0 saturated carbocycles. The number of nitriles is 1. The molecule has 0 unspecified atom stereocenters. The molecule has 0 atom stereocenters. The van der Waals surface area contributed by atoms with Crippen molar-refractivity contribution in [1.29, 1.82) is 5.26 Å². The zero-order chi connectivity index (χ0) is 21.1. The normalized spacial score (nSPS) is 10.3. The fraction of sp³-hybridized carbons (Fsp3) is 0. The summed E-state index contributed by atoms with van der Waals surface area (Å²) in [7, 11) is 0. The number of aromatic nitrogens is 3. The first kappa shape index (κ1) is 18.9. The molecule has 142 valence electrons. The molecule has 0 aliphatic rings. The van der Waals surface area contributed by atoms with E-state index in [0.29, 0.717) is 17.0 Å². The van der Waals surface area contributed by atoms with Crippen molar-refractivity contribution >= 4 is 5.69 Å². The van der Waals surface area contributed by atoms with Gasteiger partial charge in [-0.15, -0.1) is 0 Å². The van der Waals surface area contributed by atoms with Crippen LogP contribution in [0.5, 0.6) is 0 Å². The maximum atomic E-state index is 13.8. The number of rotatable bonds is 3. The number of benzene rings is 3. The summed E-state index contributed by atoms with van der Waals surface area (Å²) in [4.78, 5) is 16.6. The second kappa shape index (κ2) is 7.86. The van der Waals surface area contributed by atoms with E-state index >= 15 is 0 Å². The van der Waals surface area contributed by atoms with E-state index in [1.54, 1.807) is 6.07 Å². The molecule has 1 heterocycles. The highest BCUT2D eigenvalue weighted by atomic mass is 19.1. The monoisotopic (exact) mass is 395 g/mol. The van der Waals surface area contributed by atoms with Crippen molar-refractivity contribution in [1.82, 2.24) is 15.0 Å². The van der Waals surface area contributed by atoms with E-state index in [1.165, 1.54) is 36.4 Å². The van der Waals surface area contributed by atoms with Crippen molar-refractivity contribution in [2.45, 2.75) is 0 Å². The van der Waals surface area contributed by atoms with Gasteiger partial charge in [-0.25, -0.2) is 28.6 Å². The lowest BCUT2D eigenvalue weighted by molar-refractivity contribution is 0.624. The fourth-order valence-corrected chi connectivity index (χ4v) is 2.84. The van der Waals surface area contributed by atoms with Gasteiger partial charge in [-0.1, -0.05) is 36.4 Å². The zero-order valence-corrected chi connectivity index (χ0v) is 15.3. The quantitative estimate of drug-likeness (QED) is 0.425. The highest BCUT2D eigenvalue weighted by Gasteiger charge is 2.15. The third-order valence-corrected chi connectivity index (χ3v) is 4.34. The fourth-order valence-electron chi connectivity index (χ4n) is 2.84. The maximum Gasteiger partial charge on any atom is 0.222 e. The van der Waals surface area contributed by atoms with Gasteiger partial charge in [-0.2, -0.15) is 5.26 Å². The van der Waals surface area contributed by atoms with Gasteiger partial charge in [0.2, 0.25) is 5.69 Å². The Morgan fingerprint density at radius 3 is 1.90 bits per heavy atom. The minimum atomic E-state index is -0.640. The summed E-state index contributed by atoms with van der Waals surface area (Å²) in [5.41, 5.74) is 1.31. The van der Waals surface area contributed by atoms with Crippen molar-refractivity contribution in [3.05, 3.63) is 95.3 Å². The minimum absolute atomic E-state index is 0.132. The summed E-state index contributed by atoms with van der Waals surface area (Å²) >= 11 is 0. The molecule has 0 spiro atoms. The predicted molar refractivity (Wildman–Crippen MR) is 107 cm³/mol. The van der Waals surface area contributed by atoms with Gasteiger partial charge in [-0.05, 0) is 30.3 Å². The van der Waals surface area contributed by atoms with Crippen LogP contribution in [0.25, 0.3) is 39.0 Å². The van der Waals surface area contributed by atoms with E-state index in [1.807, 2.05) is 30.3 Å². The predicted octanol–water partition coefficient (Wildman–Crippen LogP) is 5.57. The van der Waals surface area contributed by atoms with Crippen molar-refractivity contribution in [3.63, 3.8) is 0 Å². The first-order valence-corrected chi connectivity index (χ1v) is 8.78. The average Bonchev–Trinajstić information content (AvgIpc) is 2.80. The van der Waals surface area contributed by atoms with Crippen LogP contribution in [0.2, 0.25) is 0 Å². The molecule has 1 aromatic heterocycles. The highest BCUT2D eigenvalue weighted by Crippen LogP contribution is 2.28. The Morgan fingerprint density at radius 2 is 1.30 bits per heavy atom. The summed E-state index contributed by atoms with van der Waals surface area (Å²) in [5, 5.41) is 9.13. The Hall–Kier alpha value is -4.49. The minimum Gasteiger partial charge on any atom is -0.235 e. The maximum absolute atomic E-state index is 13.8. The van der Waals surface area contributed by atoms with Crippen LogP contribution < -0.4 is 0 Å². The van der Waals surface area contributed by atoms with Gasteiger partial charge < -0.3 is 0 Å². The van der Waals surface area contributed by atoms with Crippen LogP contribution in [0.1, 0.15) is 5.56 Å². The smallest absolute Gasteiger partial charge is 0.222 e. The SMILES string of the molecule is [C-]#[N+]c1cc(-c2nc(-c3ccccc3)nc(-c3ccc(F)c(C#N)c3)n2)ccc1F. The van der Waals surface area contributed by atoms with E-state index in [2.05, 4.69) is 19.8 Å². The molecular formula is C23H11F2N5. The number of halogens is 2. The van der Waals surface area contributed by atoms with E-state index in [4.69, 9.17) is 11.8 Å². The Balaban J connectivity index is 1.94. The van der Waals surface area contributed by atoms with E-state index < -0.39 is 11.6 Å². The molecule has 0 N–H and O–H groups in total. The first-order chi connectivity index (χ1) is 14.6. The largest absolute Gasteiger partial charge is 0.235 e. The number of nitrogens with zero attached hydrogens (tertiary/aromatic N) is 5. The molecule has 0 saturated heterocycles. The van der Waals surface area contributed by atoms with Crippen LogP contribution >= 0.6 is 0 Å². The lowest BCUT2D eigenvalue weighted by Gasteiger charge is -2.09. The molecule has 5 nitrogen and oxygen atoms in total. The van der Waals surface area contributed by atoms with Crippen LogP contribution in [-0.4, -0.2) is 15.0 Å². The topological polar surface area (TPSA) is 66.8 Å². The van der Waals surface area contributed by atoms with Gasteiger partial charge in [-0.3, -0.25) is 0 Å². The summed E-state index contributed by atoms with van der Waals surface area (Å²) in [6.07, 6.45) is 0. The van der Waals surface area contributed by atoms with Gasteiger partial charge in [0, 0.05) is 16.7 Å². The van der Waals surface area contributed by atoms with Gasteiger partial charge in [0.25, 0.3) is 0 Å². The third kappa shape index (κ3) is 3.60. The van der Waals surface area contributed by atoms with E-state index in [9.17, 15) is 8.78 Å². The lowest BCUT2D eigenvalue weighted by atomic mass is 10.1. The van der Waals surface area contributed by atoms with Crippen molar-refractivity contribution in [2.24, 2.45) is 0 Å². The molecule has 7 heteroatoms. The molecule has 4 aromatic rings. The lowest BCUT2D eigenvalue weighted by Crippen LogP contribution is -2.00. The van der Waals surface area contributed by atoms with Crippen LogP contribution in [0, 0.1) is 29.5 Å².